The summed E-state index contributed by atoms with van der Waals surface area (Å²) in [6.07, 6.45) is 25.8. The third kappa shape index (κ3) is 12.8. The molecule has 0 aromatic heterocycles. The summed E-state index contributed by atoms with van der Waals surface area (Å²) < 4.78 is 0.973. The summed E-state index contributed by atoms with van der Waals surface area (Å²) in [7, 11) is 0. The topological polar surface area (TPSA) is 0 Å². The van der Waals surface area contributed by atoms with Crippen LogP contribution in [0.15, 0.2) is 60.7 Å². The molecule has 0 aliphatic rings. The van der Waals surface area contributed by atoms with Crippen LogP contribution in [0.3, 0.4) is 0 Å². The van der Waals surface area contributed by atoms with Crippen molar-refractivity contribution in [2.45, 2.75) is 129 Å². The number of halogens is 1. The zero-order chi connectivity index (χ0) is 24.9. The van der Waals surface area contributed by atoms with Gasteiger partial charge in [0, 0.05) is 0 Å². The smallest absolute Gasteiger partial charge is 0.137 e. The molecule has 0 saturated heterocycles. The Kier molecular flexibility index (Phi) is 19.8. The second-order valence-electron chi connectivity index (χ2n) is 10.7. The van der Waals surface area contributed by atoms with Gasteiger partial charge in [0.15, 0.2) is 0 Å². The normalized spacial score (nSPS) is 11.4. The molecule has 0 fully saturated rings. The Morgan fingerprint density at radius 1 is 0.417 bits per heavy atom. The predicted octanol–water partition coefficient (Wildman–Crippen LogP) is 8.39. The molecule has 2 aromatic rings. The van der Waals surface area contributed by atoms with Gasteiger partial charge in [0.1, 0.15) is 11.4 Å². The number of unbranched alkanes of at least 4 members (excludes halogenated alkanes) is 17. The first kappa shape index (κ1) is 32.7. The predicted molar refractivity (Wildman–Crippen MR) is 159 cm³/mol. The molecule has 0 radical (unpaired) electrons. The molecular formula is C34H56ClN. The average molecular weight is 514 g/mol. The highest BCUT2D eigenvalue weighted by Gasteiger charge is 2.30. The van der Waals surface area contributed by atoms with Crippen LogP contribution in [0.2, 0.25) is 0 Å². The van der Waals surface area contributed by atoms with Crippen LogP contribution < -0.4 is 16.9 Å². The minimum atomic E-state index is 0. The zero-order valence-electron chi connectivity index (χ0n) is 23.7. The number of hydrogen-bond acceptors (Lipinski definition) is 0. The Morgan fingerprint density at radius 2 is 0.722 bits per heavy atom. The molecular weight excluding hydrogens is 458 g/mol. The van der Waals surface area contributed by atoms with Crippen molar-refractivity contribution in [1.82, 2.24) is 4.48 Å². The van der Waals surface area contributed by atoms with Crippen molar-refractivity contribution in [3.8, 4) is 0 Å². The van der Waals surface area contributed by atoms with Gasteiger partial charge in [-0.2, -0.15) is 0 Å². The van der Waals surface area contributed by atoms with Crippen molar-refractivity contribution in [1.29, 1.82) is 0 Å². The maximum Gasteiger partial charge on any atom is 0.137 e. The lowest BCUT2D eigenvalue weighted by atomic mass is 10.0. The van der Waals surface area contributed by atoms with Crippen molar-refractivity contribution < 1.29 is 12.4 Å². The van der Waals surface area contributed by atoms with Gasteiger partial charge in [0.25, 0.3) is 0 Å². The highest BCUT2D eigenvalue weighted by atomic mass is 35.5. The lowest BCUT2D eigenvalue weighted by Gasteiger charge is -2.37. The van der Waals surface area contributed by atoms with Gasteiger partial charge in [-0.25, -0.2) is 0 Å². The Hall–Kier alpha value is -1.31. The molecule has 2 rings (SSSR count). The van der Waals surface area contributed by atoms with Gasteiger partial charge in [-0.15, -0.1) is 0 Å². The van der Waals surface area contributed by atoms with Crippen molar-refractivity contribution in [3.05, 3.63) is 60.7 Å². The quantitative estimate of drug-likeness (QED) is 0.109. The molecule has 0 unspecified atom stereocenters. The maximum atomic E-state index is 2.34. The number of quaternary nitrogens is 1. The number of hydrogen-bond donors (Lipinski definition) is 0. The number of nitrogens with zero attached hydrogens (tertiary/aromatic N) is 1. The highest BCUT2D eigenvalue weighted by Crippen LogP contribution is 2.35. The average Bonchev–Trinajstić information content (AvgIpc) is 2.91. The number of para-hydroxylation sites is 2. The van der Waals surface area contributed by atoms with E-state index in [9.17, 15) is 0 Å². The van der Waals surface area contributed by atoms with Gasteiger partial charge in [0.05, 0.1) is 13.1 Å². The van der Waals surface area contributed by atoms with E-state index in [1.807, 2.05) is 0 Å². The molecule has 0 amide bonds. The second-order valence-corrected chi connectivity index (χ2v) is 10.7. The molecule has 0 bridgehead atoms. The van der Waals surface area contributed by atoms with Crippen molar-refractivity contribution >= 4 is 11.4 Å². The molecule has 1 nitrogen and oxygen atoms in total. The Labute approximate surface area is 231 Å². The first-order chi connectivity index (χ1) is 17.3. The van der Waals surface area contributed by atoms with E-state index in [0.29, 0.717) is 0 Å². The fourth-order valence-electron chi connectivity index (χ4n) is 5.64. The molecule has 0 aliphatic heterocycles. The monoisotopic (exact) mass is 513 g/mol. The van der Waals surface area contributed by atoms with Crippen LogP contribution in [0.25, 0.3) is 0 Å². The van der Waals surface area contributed by atoms with Gasteiger partial charge < -0.3 is 12.4 Å². The van der Waals surface area contributed by atoms with Gasteiger partial charge in [-0.05, 0) is 44.0 Å². The van der Waals surface area contributed by atoms with Crippen LogP contribution >= 0.6 is 0 Å². The molecule has 0 atom stereocenters. The Morgan fingerprint density at radius 3 is 1.03 bits per heavy atom. The lowest BCUT2D eigenvalue weighted by molar-refractivity contribution is -0.00000745. The molecule has 0 saturated carbocycles. The third-order valence-corrected chi connectivity index (χ3v) is 7.93. The fraction of sp³-hybridized carbons (Fsp3) is 0.647. The van der Waals surface area contributed by atoms with E-state index < -0.39 is 0 Å². The molecule has 0 spiro atoms. The lowest BCUT2D eigenvalue weighted by Crippen LogP contribution is -3.00. The molecule has 0 N–H and O–H groups in total. The van der Waals surface area contributed by atoms with E-state index in [0.717, 1.165) is 11.0 Å². The molecule has 36 heavy (non-hydrogen) atoms. The summed E-state index contributed by atoms with van der Waals surface area (Å²) in [5, 5.41) is 0. The van der Waals surface area contributed by atoms with Crippen LogP contribution in [-0.2, 0) is 0 Å². The zero-order valence-corrected chi connectivity index (χ0v) is 24.5. The third-order valence-electron chi connectivity index (χ3n) is 7.93. The van der Waals surface area contributed by atoms with Crippen molar-refractivity contribution in [2.75, 3.05) is 13.1 Å². The van der Waals surface area contributed by atoms with Crippen LogP contribution in [0, 0.1) is 0 Å². The molecule has 204 valence electrons. The van der Waals surface area contributed by atoms with E-state index in [1.165, 1.54) is 133 Å². The van der Waals surface area contributed by atoms with Gasteiger partial charge in [0.2, 0.25) is 0 Å². The van der Waals surface area contributed by atoms with Crippen LogP contribution in [0.4, 0.5) is 11.4 Å². The summed E-state index contributed by atoms with van der Waals surface area (Å²) in [5.41, 5.74) is 2.85. The summed E-state index contributed by atoms with van der Waals surface area (Å²) in [5.74, 6) is 0. The fourth-order valence-corrected chi connectivity index (χ4v) is 5.64. The molecule has 2 aromatic carbocycles. The molecule has 0 heterocycles. The summed E-state index contributed by atoms with van der Waals surface area (Å²) in [6.45, 7) is 6.95. The maximum absolute atomic E-state index is 2.34. The van der Waals surface area contributed by atoms with Gasteiger partial charge >= 0.3 is 0 Å². The van der Waals surface area contributed by atoms with E-state index in [2.05, 4.69) is 74.5 Å². The highest BCUT2D eigenvalue weighted by molar-refractivity contribution is 5.58. The van der Waals surface area contributed by atoms with Gasteiger partial charge in [-0.3, -0.25) is 4.48 Å². The Bertz CT molecular complexity index is 675. The van der Waals surface area contributed by atoms with Crippen molar-refractivity contribution in [2.24, 2.45) is 0 Å². The summed E-state index contributed by atoms with van der Waals surface area (Å²) >= 11 is 0. The minimum absolute atomic E-state index is 0. The van der Waals surface area contributed by atoms with E-state index in [-0.39, 0.29) is 12.4 Å². The molecule has 0 aliphatic carbocycles. The van der Waals surface area contributed by atoms with E-state index >= 15 is 0 Å². The van der Waals surface area contributed by atoms with E-state index in [1.54, 1.807) is 0 Å². The number of benzene rings is 2. The molecule has 2 heteroatoms. The largest absolute Gasteiger partial charge is 1.00 e. The van der Waals surface area contributed by atoms with Crippen LogP contribution in [0.1, 0.15) is 129 Å². The van der Waals surface area contributed by atoms with Crippen LogP contribution in [-0.4, -0.2) is 13.1 Å². The minimum Gasteiger partial charge on any atom is -1.00 e. The summed E-state index contributed by atoms with van der Waals surface area (Å²) in [4.78, 5) is 0. The standard InChI is InChI=1S/C34H56N.ClH/c1-3-5-6-7-8-9-10-11-12-13-14-15-16-17-18-19-20-27-32-35(4-2,33-28-23-21-24-29-33)34-30-25-22-26-31-34;/h21-26,28-31H,3-20,27,32H2,1-2H3;1H/q+1;/p-1. The first-order valence-electron chi connectivity index (χ1n) is 15.3. The van der Waals surface area contributed by atoms with E-state index in [4.69, 9.17) is 0 Å². The van der Waals surface area contributed by atoms with Crippen LogP contribution in [0.5, 0.6) is 0 Å². The van der Waals surface area contributed by atoms with Gasteiger partial charge in [-0.1, -0.05) is 146 Å². The summed E-state index contributed by atoms with van der Waals surface area (Å²) in [6, 6.07) is 22.3. The first-order valence-corrected chi connectivity index (χ1v) is 15.3. The second kappa shape index (κ2) is 21.7. The SMILES string of the molecule is CCCCCCCCCCCCCCCCCCCC[N+](CC)(c1ccccc1)c1ccccc1.[Cl-]. The number of rotatable bonds is 22. The Balaban J connectivity index is 0.00000648. The van der Waals surface area contributed by atoms with Crippen molar-refractivity contribution in [3.63, 3.8) is 0 Å².